The maximum absolute atomic E-state index is 5.16. The minimum absolute atomic E-state index is 0.858. The van der Waals surface area contributed by atoms with E-state index in [4.69, 9.17) is 4.74 Å². The summed E-state index contributed by atoms with van der Waals surface area (Å²) in [5, 5.41) is 3.26. The van der Waals surface area contributed by atoms with E-state index in [1.54, 1.807) is 7.11 Å². The van der Waals surface area contributed by atoms with E-state index in [0.717, 1.165) is 29.4 Å². The van der Waals surface area contributed by atoms with Crippen molar-refractivity contribution < 1.29 is 4.74 Å². The van der Waals surface area contributed by atoms with E-state index in [9.17, 15) is 0 Å². The number of anilines is 3. The average Bonchev–Trinajstić information content (AvgIpc) is 2.47. The number of pyridine rings is 1. The summed E-state index contributed by atoms with van der Waals surface area (Å²) in [5.41, 5.74) is 3.17. The Hall–Kier alpha value is -2.23. The predicted octanol–water partition coefficient (Wildman–Crippen LogP) is 3.29. The van der Waals surface area contributed by atoms with Crippen molar-refractivity contribution in [1.29, 1.82) is 0 Å². The minimum Gasteiger partial charge on any atom is -0.497 e. The normalized spacial score (nSPS) is 10.1. The van der Waals surface area contributed by atoms with E-state index in [1.165, 1.54) is 0 Å². The standard InChI is InChI=1S/C15H19N3O/c1-4-17-12-9-14(11-16-10-12)18(2)13-5-7-15(19-3)8-6-13/h5-11,17H,4H2,1-3H3. The van der Waals surface area contributed by atoms with Gasteiger partial charge in [-0.25, -0.2) is 0 Å². The zero-order valence-corrected chi connectivity index (χ0v) is 11.6. The quantitative estimate of drug-likeness (QED) is 0.892. The van der Waals surface area contributed by atoms with E-state index in [-0.39, 0.29) is 0 Å². The molecule has 0 aliphatic heterocycles. The Bertz CT molecular complexity index is 525. The molecule has 0 bridgehead atoms. The largest absolute Gasteiger partial charge is 0.497 e. The van der Waals surface area contributed by atoms with Gasteiger partial charge in [0, 0.05) is 19.3 Å². The molecule has 1 heterocycles. The van der Waals surface area contributed by atoms with Gasteiger partial charge in [-0.05, 0) is 37.3 Å². The first-order valence-electron chi connectivity index (χ1n) is 6.31. The average molecular weight is 257 g/mol. The summed E-state index contributed by atoms with van der Waals surface area (Å²) in [5.74, 6) is 0.858. The lowest BCUT2D eigenvalue weighted by atomic mass is 10.2. The van der Waals surface area contributed by atoms with Crippen LogP contribution in [0.1, 0.15) is 6.92 Å². The summed E-state index contributed by atoms with van der Waals surface area (Å²) in [6, 6.07) is 10.0. The molecule has 4 nitrogen and oxygen atoms in total. The van der Waals surface area contributed by atoms with Crippen LogP contribution in [0.3, 0.4) is 0 Å². The van der Waals surface area contributed by atoms with Gasteiger partial charge in [0.2, 0.25) is 0 Å². The molecule has 0 aliphatic rings. The molecular formula is C15H19N3O. The van der Waals surface area contributed by atoms with Gasteiger partial charge >= 0.3 is 0 Å². The van der Waals surface area contributed by atoms with Gasteiger partial charge in [0.1, 0.15) is 5.75 Å². The molecule has 1 aromatic heterocycles. The Morgan fingerprint density at radius 2 is 1.89 bits per heavy atom. The number of nitrogens with one attached hydrogen (secondary N) is 1. The van der Waals surface area contributed by atoms with Crippen molar-refractivity contribution in [3.05, 3.63) is 42.7 Å². The van der Waals surface area contributed by atoms with Gasteiger partial charge < -0.3 is 15.0 Å². The Kier molecular flexibility index (Phi) is 4.23. The summed E-state index contributed by atoms with van der Waals surface area (Å²) < 4.78 is 5.16. The maximum Gasteiger partial charge on any atom is 0.119 e. The van der Waals surface area contributed by atoms with Crippen LogP contribution in [0, 0.1) is 0 Å². The Balaban J connectivity index is 2.22. The SMILES string of the molecule is CCNc1cncc(N(C)c2ccc(OC)cc2)c1. The van der Waals surface area contributed by atoms with Gasteiger partial charge in [-0.1, -0.05) is 0 Å². The topological polar surface area (TPSA) is 37.4 Å². The van der Waals surface area contributed by atoms with Crippen molar-refractivity contribution >= 4 is 17.1 Å². The molecule has 0 saturated heterocycles. The Morgan fingerprint density at radius 3 is 2.53 bits per heavy atom. The molecule has 0 radical (unpaired) electrons. The van der Waals surface area contributed by atoms with Crippen LogP contribution >= 0.6 is 0 Å². The van der Waals surface area contributed by atoms with Crippen molar-refractivity contribution in [2.24, 2.45) is 0 Å². The number of aromatic nitrogens is 1. The number of nitrogens with zero attached hydrogens (tertiary/aromatic N) is 2. The zero-order valence-electron chi connectivity index (χ0n) is 11.6. The summed E-state index contributed by atoms with van der Waals surface area (Å²) in [6.07, 6.45) is 3.68. The lowest BCUT2D eigenvalue weighted by molar-refractivity contribution is 0.415. The highest BCUT2D eigenvalue weighted by molar-refractivity contribution is 5.65. The second kappa shape index (κ2) is 6.09. The van der Waals surface area contributed by atoms with Crippen molar-refractivity contribution in [3.63, 3.8) is 0 Å². The molecule has 1 aromatic carbocycles. The van der Waals surface area contributed by atoms with Gasteiger partial charge in [0.15, 0.2) is 0 Å². The van der Waals surface area contributed by atoms with Crippen molar-refractivity contribution in [1.82, 2.24) is 4.98 Å². The molecule has 0 aliphatic carbocycles. The molecule has 0 saturated carbocycles. The van der Waals surface area contributed by atoms with Crippen molar-refractivity contribution in [2.45, 2.75) is 6.92 Å². The highest BCUT2D eigenvalue weighted by Gasteiger charge is 2.05. The van der Waals surface area contributed by atoms with Gasteiger partial charge in [0.25, 0.3) is 0 Å². The van der Waals surface area contributed by atoms with Crippen LogP contribution in [0.2, 0.25) is 0 Å². The van der Waals surface area contributed by atoms with Crippen LogP contribution in [-0.2, 0) is 0 Å². The van der Waals surface area contributed by atoms with Crippen molar-refractivity contribution in [2.75, 3.05) is 30.9 Å². The fraction of sp³-hybridized carbons (Fsp3) is 0.267. The summed E-state index contributed by atoms with van der Waals surface area (Å²) in [7, 11) is 3.69. The Labute approximate surface area is 114 Å². The van der Waals surface area contributed by atoms with Crippen LogP contribution in [0.25, 0.3) is 0 Å². The molecule has 0 fully saturated rings. The summed E-state index contributed by atoms with van der Waals surface area (Å²) >= 11 is 0. The summed E-state index contributed by atoms with van der Waals surface area (Å²) in [6.45, 7) is 2.96. The molecule has 0 unspecified atom stereocenters. The Morgan fingerprint density at radius 1 is 1.16 bits per heavy atom. The number of hydrogen-bond donors (Lipinski definition) is 1. The third-order valence-corrected chi connectivity index (χ3v) is 2.95. The third kappa shape index (κ3) is 3.16. The zero-order chi connectivity index (χ0) is 13.7. The highest BCUT2D eigenvalue weighted by Crippen LogP contribution is 2.26. The van der Waals surface area contributed by atoms with Crippen LogP contribution in [0.5, 0.6) is 5.75 Å². The first-order chi connectivity index (χ1) is 9.24. The monoisotopic (exact) mass is 257 g/mol. The number of benzene rings is 1. The van der Waals surface area contributed by atoms with E-state index in [1.807, 2.05) is 43.7 Å². The highest BCUT2D eigenvalue weighted by atomic mass is 16.5. The fourth-order valence-electron chi connectivity index (χ4n) is 1.87. The number of ether oxygens (including phenoxy) is 1. The summed E-state index contributed by atoms with van der Waals surface area (Å²) in [4.78, 5) is 6.35. The van der Waals surface area contributed by atoms with Gasteiger partial charge in [-0.3, -0.25) is 4.98 Å². The van der Waals surface area contributed by atoms with Crippen LogP contribution in [0.15, 0.2) is 42.7 Å². The van der Waals surface area contributed by atoms with Gasteiger partial charge in [-0.15, -0.1) is 0 Å². The molecule has 0 atom stereocenters. The van der Waals surface area contributed by atoms with E-state index in [0.29, 0.717) is 0 Å². The molecule has 4 heteroatoms. The number of hydrogen-bond acceptors (Lipinski definition) is 4. The number of rotatable bonds is 5. The van der Waals surface area contributed by atoms with Crippen LogP contribution in [-0.4, -0.2) is 25.7 Å². The molecule has 1 N–H and O–H groups in total. The fourth-order valence-corrected chi connectivity index (χ4v) is 1.87. The smallest absolute Gasteiger partial charge is 0.119 e. The van der Waals surface area contributed by atoms with E-state index in [2.05, 4.69) is 28.2 Å². The minimum atomic E-state index is 0.858. The molecule has 2 aromatic rings. The first-order valence-corrected chi connectivity index (χ1v) is 6.31. The second-order valence-electron chi connectivity index (χ2n) is 4.22. The molecule has 0 spiro atoms. The van der Waals surface area contributed by atoms with Gasteiger partial charge in [0.05, 0.1) is 30.9 Å². The maximum atomic E-state index is 5.16. The lowest BCUT2D eigenvalue weighted by Crippen LogP contribution is -2.10. The third-order valence-electron chi connectivity index (χ3n) is 2.95. The van der Waals surface area contributed by atoms with Crippen LogP contribution < -0.4 is 15.0 Å². The second-order valence-corrected chi connectivity index (χ2v) is 4.22. The molecule has 100 valence electrons. The van der Waals surface area contributed by atoms with E-state index >= 15 is 0 Å². The molecule has 19 heavy (non-hydrogen) atoms. The lowest BCUT2D eigenvalue weighted by Gasteiger charge is -2.20. The van der Waals surface area contributed by atoms with Crippen LogP contribution in [0.4, 0.5) is 17.1 Å². The predicted molar refractivity (Wildman–Crippen MR) is 79.5 cm³/mol. The molecule has 2 rings (SSSR count). The molecule has 0 amide bonds. The molecular weight excluding hydrogens is 238 g/mol. The number of methoxy groups -OCH3 is 1. The first kappa shape index (κ1) is 13.2. The van der Waals surface area contributed by atoms with Gasteiger partial charge in [-0.2, -0.15) is 0 Å². The van der Waals surface area contributed by atoms with E-state index < -0.39 is 0 Å². The van der Waals surface area contributed by atoms with Crippen molar-refractivity contribution in [3.8, 4) is 5.75 Å².